The predicted molar refractivity (Wildman–Crippen MR) is 76.6 cm³/mol. The van der Waals surface area contributed by atoms with E-state index in [0.29, 0.717) is 0 Å². The lowest BCUT2D eigenvalue weighted by molar-refractivity contribution is -0.123. The molecule has 1 aliphatic heterocycles. The molecule has 0 saturated carbocycles. The first-order chi connectivity index (χ1) is 9.27. The highest BCUT2D eigenvalue weighted by Gasteiger charge is 2.30. The predicted octanol–water partition coefficient (Wildman–Crippen LogP) is 2.37. The van der Waals surface area contributed by atoms with Crippen LogP contribution in [0.15, 0.2) is 42.5 Å². The van der Waals surface area contributed by atoms with Crippen molar-refractivity contribution in [3.05, 3.63) is 48.0 Å². The molecule has 3 N–H and O–H groups in total. The van der Waals surface area contributed by atoms with Gasteiger partial charge in [0.05, 0.1) is 5.92 Å². The van der Waals surface area contributed by atoms with Gasteiger partial charge in [-0.2, -0.15) is 0 Å². The van der Waals surface area contributed by atoms with Crippen LogP contribution in [0.4, 0.5) is 0 Å². The third kappa shape index (κ3) is 2.22. The summed E-state index contributed by atoms with van der Waals surface area (Å²) in [4.78, 5) is 11.7. The van der Waals surface area contributed by atoms with Gasteiger partial charge < -0.3 is 11.1 Å². The van der Waals surface area contributed by atoms with Crippen molar-refractivity contribution >= 4 is 16.7 Å². The molecular weight excluding hydrogens is 236 g/mol. The Bertz CT molecular complexity index is 603. The van der Waals surface area contributed by atoms with Crippen molar-refractivity contribution in [3.63, 3.8) is 0 Å². The number of amides is 1. The van der Waals surface area contributed by atoms with Crippen molar-refractivity contribution < 1.29 is 4.79 Å². The summed E-state index contributed by atoms with van der Waals surface area (Å²) in [6.45, 7) is 0.942. The van der Waals surface area contributed by atoms with Crippen LogP contribution in [-0.2, 0) is 4.79 Å². The Hall–Kier alpha value is -1.87. The summed E-state index contributed by atoms with van der Waals surface area (Å²) in [6.07, 6.45) is 1.88. The maximum Gasteiger partial charge on any atom is 0.222 e. The molecule has 0 spiro atoms. The van der Waals surface area contributed by atoms with E-state index in [1.54, 1.807) is 0 Å². The second-order valence-electron chi connectivity index (χ2n) is 5.15. The second kappa shape index (κ2) is 5.02. The summed E-state index contributed by atoms with van der Waals surface area (Å²) in [5.41, 5.74) is 6.74. The van der Waals surface area contributed by atoms with Crippen molar-refractivity contribution in [2.75, 3.05) is 6.54 Å². The number of carbonyl (C=O) groups excluding carboxylic acids is 1. The summed E-state index contributed by atoms with van der Waals surface area (Å²) in [5, 5.41) is 5.87. The van der Waals surface area contributed by atoms with Crippen molar-refractivity contribution in [1.82, 2.24) is 5.32 Å². The third-order valence-electron chi connectivity index (χ3n) is 3.98. The molecule has 0 bridgehead atoms. The first-order valence-electron chi connectivity index (χ1n) is 6.78. The van der Waals surface area contributed by atoms with Crippen LogP contribution in [0.5, 0.6) is 0 Å². The molecule has 3 nitrogen and oxygen atoms in total. The molecule has 1 fully saturated rings. The molecule has 0 aliphatic carbocycles. The van der Waals surface area contributed by atoms with Gasteiger partial charge in [-0.15, -0.1) is 0 Å². The van der Waals surface area contributed by atoms with Gasteiger partial charge in [0, 0.05) is 6.04 Å². The Morgan fingerprint density at radius 2 is 1.95 bits per heavy atom. The number of rotatable bonds is 2. The summed E-state index contributed by atoms with van der Waals surface area (Å²) in [5.74, 6) is -0.315. The lowest BCUT2D eigenvalue weighted by atomic mass is 9.84. The number of nitrogens with one attached hydrogen (secondary N) is 1. The minimum Gasteiger partial charge on any atom is -0.369 e. The quantitative estimate of drug-likeness (QED) is 0.864. The van der Waals surface area contributed by atoms with E-state index in [2.05, 4.69) is 29.6 Å². The fourth-order valence-corrected chi connectivity index (χ4v) is 3.04. The van der Waals surface area contributed by atoms with E-state index < -0.39 is 0 Å². The van der Waals surface area contributed by atoms with Gasteiger partial charge in [0.25, 0.3) is 0 Å². The average molecular weight is 254 g/mol. The standard InChI is InChI=1S/C16H18N2O/c17-16(19)14-9-4-10-18-15(14)13-8-3-6-11-5-1-2-7-12(11)13/h1-3,5-8,14-15,18H,4,9-10H2,(H2,17,19). The number of nitrogens with two attached hydrogens (primary N) is 1. The van der Waals surface area contributed by atoms with E-state index >= 15 is 0 Å². The molecule has 1 aliphatic rings. The largest absolute Gasteiger partial charge is 0.369 e. The Kier molecular flexibility index (Phi) is 3.22. The van der Waals surface area contributed by atoms with Crippen LogP contribution < -0.4 is 11.1 Å². The van der Waals surface area contributed by atoms with Gasteiger partial charge in [0.1, 0.15) is 0 Å². The van der Waals surface area contributed by atoms with E-state index in [1.165, 1.54) is 16.3 Å². The monoisotopic (exact) mass is 254 g/mol. The molecule has 1 saturated heterocycles. The zero-order valence-electron chi connectivity index (χ0n) is 10.8. The topological polar surface area (TPSA) is 55.1 Å². The molecule has 2 aromatic rings. The first kappa shape index (κ1) is 12.2. The van der Waals surface area contributed by atoms with Crippen molar-refractivity contribution in [2.45, 2.75) is 18.9 Å². The van der Waals surface area contributed by atoms with Crippen LogP contribution in [0, 0.1) is 5.92 Å². The molecule has 98 valence electrons. The minimum atomic E-state index is -0.204. The average Bonchev–Trinajstić information content (AvgIpc) is 2.46. The molecule has 3 rings (SSSR count). The van der Waals surface area contributed by atoms with Crippen LogP contribution in [0.2, 0.25) is 0 Å². The number of fused-ring (bicyclic) bond motifs is 1. The second-order valence-corrected chi connectivity index (χ2v) is 5.15. The highest BCUT2D eigenvalue weighted by Crippen LogP contribution is 2.33. The molecule has 0 aromatic heterocycles. The number of hydrogen-bond donors (Lipinski definition) is 2. The number of primary amides is 1. The van der Waals surface area contributed by atoms with E-state index in [9.17, 15) is 4.79 Å². The van der Waals surface area contributed by atoms with Crippen LogP contribution >= 0.6 is 0 Å². The third-order valence-corrected chi connectivity index (χ3v) is 3.98. The minimum absolute atomic E-state index is 0.0392. The van der Waals surface area contributed by atoms with E-state index in [4.69, 9.17) is 5.73 Å². The zero-order chi connectivity index (χ0) is 13.2. The van der Waals surface area contributed by atoms with Crippen LogP contribution in [-0.4, -0.2) is 12.5 Å². The molecule has 2 atom stereocenters. The van der Waals surface area contributed by atoms with Gasteiger partial charge in [-0.05, 0) is 35.7 Å². The molecule has 3 heteroatoms. The smallest absolute Gasteiger partial charge is 0.222 e. The lowest BCUT2D eigenvalue weighted by Gasteiger charge is -2.31. The normalized spacial score (nSPS) is 23.4. The fourth-order valence-electron chi connectivity index (χ4n) is 3.04. The first-order valence-corrected chi connectivity index (χ1v) is 6.78. The van der Waals surface area contributed by atoms with Gasteiger partial charge in [-0.25, -0.2) is 0 Å². The van der Waals surface area contributed by atoms with E-state index in [-0.39, 0.29) is 17.9 Å². The number of piperidine rings is 1. The molecule has 2 aromatic carbocycles. The maximum atomic E-state index is 11.7. The van der Waals surface area contributed by atoms with Gasteiger partial charge in [-0.1, -0.05) is 42.5 Å². The maximum absolute atomic E-state index is 11.7. The Morgan fingerprint density at radius 3 is 2.79 bits per heavy atom. The number of benzene rings is 2. The van der Waals surface area contributed by atoms with Gasteiger partial charge in [0.15, 0.2) is 0 Å². The highest BCUT2D eigenvalue weighted by atomic mass is 16.1. The van der Waals surface area contributed by atoms with Gasteiger partial charge in [0.2, 0.25) is 5.91 Å². The lowest BCUT2D eigenvalue weighted by Crippen LogP contribution is -2.41. The van der Waals surface area contributed by atoms with Crippen molar-refractivity contribution in [2.24, 2.45) is 11.7 Å². The SMILES string of the molecule is NC(=O)C1CCCNC1c1cccc2ccccc12. The van der Waals surface area contributed by atoms with Gasteiger partial charge >= 0.3 is 0 Å². The van der Waals surface area contributed by atoms with Crippen LogP contribution in [0.1, 0.15) is 24.4 Å². The van der Waals surface area contributed by atoms with Gasteiger partial charge in [-0.3, -0.25) is 4.79 Å². The zero-order valence-corrected chi connectivity index (χ0v) is 10.8. The van der Waals surface area contributed by atoms with Crippen LogP contribution in [0.3, 0.4) is 0 Å². The van der Waals surface area contributed by atoms with Crippen molar-refractivity contribution in [1.29, 1.82) is 0 Å². The molecule has 0 radical (unpaired) electrons. The number of carbonyl (C=O) groups is 1. The molecule has 1 heterocycles. The summed E-state index contributed by atoms with van der Waals surface area (Å²) in [7, 11) is 0. The van der Waals surface area contributed by atoms with Crippen LogP contribution in [0.25, 0.3) is 10.8 Å². The molecule has 19 heavy (non-hydrogen) atoms. The van der Waals surface area contributed by atoms with E-state index in [1.807, 2.05) is 18.2 Å². The molecule has 1 amide bonds. The Labute approximate surface area is 112 Å². The summed E-state index contributed by atoms with van der Waals surface area (Å²) >= 11 is 0. The summed E-state index contributed by atoms with van der Waals surface area (Å²) < 4.78 is 0. The highest BCUT2D eigenvalue weighted by molar-refractivity contribution is 5.87. The van der Waals surface area contributed by atoms with Crippen molar-refractivity contribution in [3.8, 4) is 0 Å². The molecule has 2 unspecified atom stereocenters. The Balaban J connectivity index is 2.09. The molecular formula is C16H18N2O. The number of hydrogen-bond acceptors (Lipinski definition) is 2. The van der Waals surface area contributed by atoms with E-state index in [0.717, 1.165) is 19.4 Å². The summed E-state index contributed by atoms with van der Waals surface area (Å²) in [6, 6.07) is 14.6. The fraction of sp³-hybridized carbons (Fsp3) is 0.312. The Morgan fingerprint density at radius 1 is 1.16 bits per heavy atom.